The smallest absolute Gasteiger partial charge is 0.258 e. The van der Waals surface area contributed by atoms with E-state index in [4.69, 9.17) is 17.3 Å². The Balaban J connectivity index is 1.98. The molecule has 0 aliphatic carbocycles. The molecule has 1 aliphatic rings. The van der Waals surface area contributed by atoms with E-state index in [1.165, 1.54) is 5.56 Å². The minimum absolute atomic E-state index is 0.00299. The number of benzene rings is 2. The van der Waals surface area contributed by atoms with Gasteiger partial charge in [-0.3, -0.25) is 4.79 Å². The van der Waals surface area contributed by atoms with E-state index in [1.807, 2.05) is 26.0 Å². The number of aryl methyl sites for hydroxylation is 2. The number of carbonyl (C=O) groups excluding carboxylic acids is 1. The second-order valence-corrected chi connectivity index (χ2v) is 5.92. The Morgan fingerprint density at radius 3 is 2.67 bits per heavy atom. The fraction of sp³-hybridized carbons (Fsp3) is 0.235. The van der Waals surface area contributed by atoms with Crippen molar-refractivity contribution in [1.29, 1.82) is 0 Å². The van der Waals surface area contributed by atoms with E-state index in [2.05, 4.69) is 6.07 Å². The highest BCUT2D eigenvalue weighted by molar-refractivity contribution is 6.31. The molecular formula is C17H17ClN2O. The molecule has 0 spiro atoms. The van der Waals surface area contributed by atoms with Crippen LogP contribution in [0.4, 0.5) is 11.4 Å². The molecule has 108 valence electrons. The minimum Gasteiger partial charge on any atom is -0.398 e. The van der Waals surface area contributed by atoms with E-state index in [1.54, 1.807) is 17.0 Å². The van der Waals surface area contributed by atoms with Gasteiger partial charge in [0.2, 0.25) is 0 Å². The number of rotatable bonds is 1. The minimum atomic E-state index is -0.00299. The summed E-state index contributed by atoms with van der Waals surface area (Å²) in [6.45, 7) is 4.58. The Labute approximate surface area is 129 Å². The van der Waals surface area contributed by atoms with Gasteiger partial charge in [0.1, 0.15) is 0 Å². The highest BCUT2D eigenvalue weighted by Crippen LogP contribution is 2.33. The molecule has 3 rings (SSSR count). The highest BCUT2D eigenvalue weighted by Gasteiger charge is 2.26. The van der Waals surface area contributed by atoms with Crippen LogP contribution < -0.4 is 10.6 Å². The van der Waals surface area contributed by atoms with Crippen LogP contribution in [0.1, 0.15) is 27.0 Å². The maximum Gasteiger partial charge on any atom is 0.258 e. The number of carbonyl (C=O) groups is 1. The van der Waals surface area contributed by atoms with Crippen molar-refractivity contribution in [2.24, 2.45) is 0 Å². The van der Waals surface area contributed by atoms with Gasteiger partial charge < -0.3 is 10.6 Å². The molecule has 0 atom stereocenters. The molecule has 0 saturated heterocycles. The molecule has 2 aromatic rings. The lowest BCUT2D eigenvalue weighted by atomic mass is 10.1. The number of hydrogen-bond acceptors (Lipinski definition) is 2. The first-order valence-corrected chi connectivity index (χ1v) is 7.32. The molecule has 0 aromatic heterocycles. The van der Waals surface area contributed by atoms with Crippen LogP contribution in [-0.4, -0.2) is 12.5 Å². The van der Waals surface area contributed by atoms with Gasteiger partial charge in [-0.15, -0.1) is 0 Å². The first-order valence-electron chi connectivity index (χ1n) is 6.94. The van der Waals surface area contributed by atoms with Crippen molar-refractivity contribution in [1.82, 2.24) is 0 Å². The van der Waals surface area contributed by atoms with E-state index in [0.29, 0.717) is 17.1 Å². The number of nitrogen functional groups attached to an aromatic ring is 1. The van der Waals surface area contributed by atoms with Crippen molar-refractivity contribution < 1.29 is 4.79 Å². The number of nitrogens with zero attached hydrogens (tertiary/aromatic N) is 1. The van der Waals surface area contributed by atoms with Gasteiger partial charge >= 0.3 is 0 Å². The maximum atomic E-state index is 12.7. The number of amides is 1. The first kappa shape index (κ1) is 14.0. The van der Waals surface area contributed by atoms with Crippen molar-refractivity contribution in [2.75, 3.05) is 17.2 Å². The van der Waals surface area contributed by atoms with E-state index in [-0.39, 0.29) is 5.91 Å². The van der Waals surface area contributed by atoms with E-state index in [0.717, 1.165) is 28.9 Å². The second-order valence-electron chi connectivity index (χ2n) is 5.51. The molecule has 1 heterocycles. The number of nitrogens with two attached hydrogens (primary N) is 1. The van der Waals surface area contributed by atoms with Gasteiger partial charge in [0.25, 0.3) is 5.91 Å². The molecule has 4 heteroatoms. The second kappa shape index (κ2) is 5.08. The fourth-order valence-electron chi connectivity index (χ4n) is 2.72. The molecule has 0 saturated carbocycles. The summed E-state index contributed by atoms with van der Waals surface area (Å²) in [6.07, 6.45) is 0.870. The van der Waals surface area contributed by atoms with Gasteiger partial charge in [0.15, 0.2) is 0 Å². The number of halogens is 1. The average molecular weight is 301 g/mol. The van der Waals surface area contributed by atoms with Crippen LogP contribution in [0.3, 0.4) is 0 Å². The predicted molar refractivity (Wildman–Crippen MR) is 87.2 cm³/mol. The van der Waals surface area contributed by atoms with Crippen LogP contribution in [0.2, 0.25) is 5.02 Å². The summed E-state index contributed by atoms with van der Waals surface area (Å²) in [5, 5.41) is 0.674. The molecule has 0 unspecified atom stereocenters. The molecule has 0 radical (unpaired) electrons. The van der Waals surface area contributed by atoms with E-state index in [9.17, 15) is 4.79 Å². The molecule has 3 nitrogen and oxygen atoms in total. The normalized spacial score (nSPS) is 13.4. The van der Waals surface area contributed by atoms with Gasteiger partial charge in [-0.2, -0.15) is 0 Å². The molecule has 0 bridgehead atoms. The van der Waals surface area contributed by atoms with Crippen molar-refractivity contribution in [3.05, 3.63) is 57.6 Å². The van der Waals surface area contributed by atoms with Gasteiger partial charge in [0.05, 0.1) is 0 Å². The van der Waals surface area contributed by atoms with Crippen LogP contribution in [0.5, 0.6) is 0 Å². The zero-order valence-electron chi connectivity index (χ0n) is 12.1. The van der Waals surface area contributed by atoms with Crippen molar-refractivity contribution in [2.45, 2.75) is 20.3 Å². The summed E-state index contributed by atoms with van der Waals surface area (Å²) in [7, 11) is 0. The van der Waals surface area contributed by atoms with Crippen LogP contribution >= 0.6 is 11.6 Å². The van der Waals surface area contributed by atoms with Crippen LogP contribution in [0, 0.1) is 13.8 Å². The Morgan fingerprint density at radius 1 is 1.19 bits per heavy atom. The highest BCUT2D eigenvalue weighted by atomic mass is 35.5. The zero-order valence-corrected chi connectivity index (χ0v) is 12.9. The van der Waals surface area contributed by atoms with Crippen LogP contribution in [0.25, 0.3) is 0 Å². The third-order valence-electron chi connectivity index (χ3n) is 4.01. The molecular weight excluding hydrogens is 284 g/mol. The van der Waals surface area contributed by atoms with E-state index >= 15 is 0 Å². The van der Waals surface area contributed by atoms with Gasteiger partial charge in [-0.25, -0.2) is 0 Å². The monoisotopic (exact) mass is 300 g/mol. The van der Waals surface area contributed by atoms with E-state index < -0.39 is 0 Å². The number of hydrogen-bond donors (Lipinski definition) is 1. The average Bonchev–Trinajstić information content (AvgIpc) is 2.84. The molecule has 2 aromatic carbocycles. The lowest BCUT2D eigenvalue weighted by molar-refractivity contribution is 0.0989. The molecule has 21 heavy (non-hydrogen) atoms. The molecule has 0 fully saturated rings. The summed E-state index contributed by atoms with van der Waals surface area (Å²) in [5.41, 5.74) is 11.4. The van der Waals surface area contributed by atoms with Crippen molar-refractivity contribution in [3.63, 3.8) is 0 Å². The zero-order chi connectivity index (χ0) is 15.1. The van der Waals surface area contributed by atoms with Gasteiger partial charge in [-0.1, -0.05) is 17.7 Å². The number of fused-ring (bicyclic) bond motifs is 1. The Kier molecular flexibility index (Phi) is 3.38. The topological polar surface area (TPSA) is 46.3 Å². The quantitative estimate of drug-likeness (QED) is 0.816. The Hall–Kier alpha value is -2.00. The largest absolute Gasteiger partial charge is 0.398 e. The van der Waals surface area contributed by atoms with Crippen molar-refractivity contribution in [3.8, 4) is 0 Å². The van der Waals surface area contributed by atoms with Crippen LogP contribution in [-0.2, 0) is 6.42 Å². The Bertz CT molecular complexity index is 740. The first-order chi connectivity index (χ1) is 9.97. The van der Waals surface area contributed by atoms with Gasteiger partial charge in [-0.05, 0) is 61.2 Å². The number of anilines is 2. The molecule has 2 N–H and O–H groups in total. The molecule has 1 amide bonds. The summed E-state index contributed by atoms with van der Waals surface area (Å²) in [5.74, 6) is -0.00299. The lowest BCUT2D eigenvalue weighted by Crippen LogP contribution is -2.29. The molecule has 1 aliphatic heterocycles. The van der Waals surface area contributed by atoms with Crippen LogP contribution in [0.15, 0.2) is 30.3 Å². The fourth-order valence-corrected chi connectivity index (χ4v) is 2.84. The third-order valence-corrected chi connectivity index (χ3v) is 4.44. The SMILES string of the molecule is Cc1cc2c(cc1N)N(C(=O)c1ccc(Cl)c(C)c1)CC2. The standard InChI is InChI=1S/C17H17ClN2O/c1-10-7-13(3-4-14(10)18)17(21)20-6-5-12-8-11(2)15(19)9-16(12)20/h3-4,7-9H,5-6,19H2,1-2H3. The Morgan fingerprint density at radius 2 is 1.95 bits per heavy atom. The summed E-state index contributed by atoms with van der Waals surface area (Å²) >= 11 is 6.02. The lowest BCUT2D eigenvalue weighted by Gasteiger charge is -2.18. The maximum absolute atomic E-state index is 12.7. The predicted octanol–water partition coefficient (Wildman–Crippen LogP) is 3.74. The third kappa shape index (κ3) is 2.38. The van der Waals surface area contributed by atoms with Gasteiger partial charge in [0, 0.05) is 28.5 Å². The summed E-state index contributed by atoms with van der Waals surface area (Å²) < 4.78 is 0. The summed E-state index contributed by atoms with van der Waals surface area (Å²) in [6, 6.07) is 9.35. The van der Waals surface area contributed by atoms with Crippen molar-refractivity contribution >= 4 is 28.9 Å². The summed E-state index contributed by atoms with van der Waals surface area (Å²) in [4.78, 5) is 14.5.